The van der Waals surface area contributed by atoms with Crippen molar-refractivity contribution in [3.05, 3.63) is 29.8 Å². The van der Waals surface area contributed by atoms with E-state index >= 15 is 0 Å². The second kappa shape index (κ2) is 7.65. The smallest absolute Gasteiger partial charge is 0.335 e. The molecule has 0 saturated carbocycles. The molecule has 0 radical (unpaired) electrons. The van der Waals surface area contributed by atoms with Gasteiger partial charge >= 0.3 is 5.97 Å². The van der Waals surface area contributed by atoms with E-state index in [1.807, 2.05) is 0 Å². The molecule has 18 heavy (non-hydrogen) atoms. The van der Waals surface area contributed by atoms with Crippen LogP contribution in [0.4, 0.5) is 0 Å². The summed E-state index contributed by atoms with van der Waals surface area (Å²) in [6, 6.07) is 6.23. The van der Waals surface area contributed by atoms with Gasteiger partial charge in [0, 0.05) is 13.1 Å². The fourth-order valence-electron chi connectivity index (χ4n) is 1.29. The molecule has 4 N–H and O–H groups in total. The number of carboxylic acids is 1. The molecule has 0 saturated heterocycles. The second-order valence-corrected chi connectivity index (χ2v) is 3.72. The highest BCUT2D eigenvalue weighted by molar-refractivity contribution is 5.87. The van der Waals surface area contributed by atoms with Crippen LogP contribution in [-0.4, -0.2) is 53.7 Å². The zero-order valence-electron chi connectivity index (χ0n) is 9.87. The van der Waals surface area contributed by atoms with Crippen LogP contribution in [0.3, 0.4) is 0 Å². The van der Waals surface area contributed by atoms with Gasteiger partial charge in [-0.05, 0) is 18.2 Å². The zero-order valence-corrected chi connectivity index (χ0v) is 9.87. The van der Waals surface area contributed by atoms with Crippen molar-refractivity contribution in [1.82, 2.24) is 5.32 Å². The summed E-state index contributed by atoms with van der Waals surface area (Å²) in [4.78, 5) is 10.7. The van der Waals surface area contributed by atoms with Gasteiger partial charge < -0.3 is 25.4 Å². The van der Waals surface area contributed by atoms with E-state index in [9.17, 15) is 4.79 Å². The number of hydrogen-bond donors (Lipinski definition) is 4. The lowest BCUT2D eigenvalue weighted by molar-refractivity contribution is 0.0696. The van der Waals surface area contributed by atoms with Crippen molar-refractivity contribution in [3.8, 4) is 5.75 Å². The Morgan fingerprint density at radius 1 is 1.44 bits per heavy atom. The number of aliphatic hydroxyl groups excluding tert-OH is 2. The van der Waals surface area contributed by atoms with Crippen molar-refractivity contribution in [2.45, 2.75) is 6.10 Å². The molecule has 0 spiro atoms. The monoisotopic (exact) mass is 255 g/mol. The Kier molecular flexibility index (Phi) is 6.13. The Morgan fingerprint density at radius 3 is 2.89 bits per heavy atom. The molecule has 1 unspecified atom stereocenters. The third-order valence-corrected chi connectivity index (χ3v) is 2.22. The van der Waals surface area contributed by atoms with Crippen LogP contribution < -0.4 is 10.1 Å². The highest BCUT2D eigenvalue weighted by Crippen LogP contribution is 2.12. The third-order valence-electron chi connectivity index (χ3n) is 2.22. The second-order valence-electron chi connectivity index (χ2n) is 3.72. The average molecular weight is 255 g/mol. The van der Waals surface area contributed by atoms with E-state index in [2.05, 4.69) is 5.32 Å². The molecular weight excluding hydrogens is 238 g/mol. The summed E-state index contributed by atoms with van der Waals surface area (Å²) in [7, 11) is 0. The minimum Gasteiger partial charge on any atom is -0.492 e. The van der Waals surface area contributed by atoms with Crippen molar-refractivity contribution in [2.75, 3.05) is 26.3 Å². The molecule has 0 fully saturated rings. The first kappa shape index (κ1) is 14.4. The summed E-state index contributed by atoms with van der Waals surface area (Å²) in [5, 5.41) is 29.3. The van der Waals surface area contributed by atoms with Gasteiger partial charge in [-0.1, -0.05) is 6.07 Å². The van der Waals surface area contributed by atoms with E-state index in [4.69, 9.17) is 20.1 Å². The minimum absolute atomic E-state index is 0.177. The lowest BCUT2D eigenvalue weighted by Gasteiger charge is -2.10. The summed E-state index contributed by atoms with van der Waals surface area (Å²) < 4.78 is 5.34. The van der Waals surface area contributed by atoms with E-state index in [0.29, 0.717) is 18.9 Å². The van der Waals surface area contributed by atoms with Crippen LogP contribution in [0.2, 0.25) is 0 Å². The largest absolute Gasteiger partial charge is 0.492 e. The molecule has 6 heteroatoms. The molecule has 1 aromatic rings. The minimum atomic E-state index is -0.996. The summed E-state index contributed by atoms with van der Waals surface area (Å²) in [5.74, 6) is -0.510. The normalized spacial score (nSPS) is 12.1. The third kappa shape index (κ3) is 5.13. The lowest BCUT2D eigenvalue weighted by atomic mass is 10.2. The van der Waals surface area contributed by atoms with Gasteiger partial charge in [0.15, 0.2) is 0 Å². The summed E-state index contributed by atoms with van der Waals surface area (Å²) in [5.41, 5.74) is 0.177. The number of hydrogen-bond acceptors (Lipinski definition) is 5. The molecule has 1 atom stereocenters. The first-order chi connectivity index (χ1) is 8.63. The lowest BCUT2D eigenvalue weighted by Crippen LogP contribution is -2.32. The summed E-state index contributed by atoms with van der Waals surface area (Å²) in [6.07, 6.45) is -0.777. The van der Waals surface area contributed by atoms with Crippen LogP contribution in [0.25, 0.3) is 0 Å². The molecule has 0 amide bonds. The predicted molar refractivity (Wildman–Crippen MR) is 64.9 cm³/mol. The van der Waals surface area contributed by atoms with E-state index in [-0.39, 0.29) is 18.7 Å². The topological polar surface area (TPSA) is 99.0 Å². The van der Waals surface area contributed by atoms with Crippen LogP contribution in [0.1, 0.15) is 10.4 Å². The van der Waals surface area contributed by atoms with Gasteiger partial charge in [0.25, 0.3) is 0 Å². The van der Waals surface area contributed by atoms with Crippen LogP contribution in [0, 0.1) is 0 Å². The van der Waals surface area contributed by atoms with Gasteiger partial charge in [-0.15, -0.1) is 0 Å². The quantitative estimate of drug-likeness (QED) is 0.476. The zero-order chi connectivity index (χ0) is 13.4. The van der Waals surface area contributed by atoms with Crippen molar-refractivity contribution in [3.63, 3.8) is 0 Å². The fraction of sp³-hybridized carbons (Fsp3) is 0.417. The van der Waals surface area contributed by atoms with Gasteiger partial charge in [0.2, 0.25) is 0 Å². The number of carbonyl (C=O) groups is 1. The van der Waals surface area contributed by atoms with E-state index < -0.39 is 12.1 Å². The Labute approximate surface area is 105 Å². The molecule has 100 valence electrons. The maximum Gasteiger partial charge on any atom is 0.335 e. The number of rotatable bonds is 8. The Morgan fingerprint density at radius 2 is 2.22 bits per heavy atom. The maximum absolute atomic E-state index is 10.7. The highest BCUT2D eigenvalue weighted by atomic mass is 16.5. The van der Waals surface area contributed by atoms with Crippen molar-refractivity contribution >= 4 is 5.97 Å². The SMILES string of the molecule is O=C(O)c1cccc(OCCNCC(O)CO)c1. The Bertz CT molecular complexity index is 382. The predicted octanol–water partition coefficient (Wildman–Crippen LogP) is -0.294. The first-order valence-corrected chi connectivity index (χ1v) is 5.59. The summed E-state index contributed by atoms with van der Waals surface area (Å²) in [6.45, 7) is 0.846. The van der Waals surface area contributed by atoms with Crippen LogP contribution in [0.5, 0.6) is 5.75 Å². The molecule has 0 aliphatic rings. The number of aromatic carboxylic acids is 1. The number of benzene rings is 1. The first-order valence-electron chi connectivity index (χ1n) is 5.59. The molecule has 0 heterocycles. The average Bonchev–Trinajstić information content (AvgIpc) is 2.38. The number of ether oxygens (including phenoxy) is 1. The maximum atomic E-state index is 10.7. The van der Waals surface area contributed by atoms with E-state index in [1.165, 1.54) is 12.1 Å². The molecule has 1 aromatic carbocycles. The van der Waals surface area contributed by atoms with Gasteiger partial charge in [-0.3, -0.25) is 0 Å². The van der Waals surface area contributed by atoms with Gasteiger partial charge in [-0.25, -0.2) is 4.79 Å². The van der Waals surface area contributed by atoms with Crippen LogP contribution in [0.15, 0.2) is 24.3 Å². The molecule has 1 rings (SSSR count). The van der Waals surface area contributed by atoms with Gasteiger partial charge in [0.1, 0.15) is 12.4 Å². The van der Waals surface area contributed by atoms with E-state index in [1.54, 1.807) is 12.1 Å². The molecule has 0 aliphatic heterocycles. The van der Waals surface area contributed by atoms with Gasteiger partial charge in [-0.2, -0.15) is 0 Å². The van der Waals surface area contributed by atoms with Crippen LogP contribution in [-0.2, 0) is 0 Å². The van der Waals surface area contributed by atoms with Gasteiger partial charge in [0.05, 0.1) is 18.3 Å². The Hall–Kier alpha value is -1.63. The molecule has 0 aromatic heterocycles. The molecule has 6 nitrogen and oxygen atoms in total. The standard InChI is InChI=1S/C12H17NO5/c14-8-10(15)7-13-4-5-18-11-3-1-2-9(6-11)12(16)17/h1-3,6,10,13-15H,4-5,7-8H2,(H,16,17). The summed E-state index contributed by atoms with van der Waals surface area (Å²) >= 11 is 0. The number of carboxylic acid groups (broad SMARTS) is 1. The van der Waals surface area contributed by atoms with E-state index in [0.717, 1.165) is 0 Å². The molecule has 0 aliphatic carbocycles. The molecule has 0 bridgehead atoms. The fourth-order valence-corrected chi connectivity index (χ4v) is 1.29. The van der Waals surface area contributed by atoms with Crippen molar-refractivity contribution in [1.29, 1.82) is 0 Å². The Balaban J connectivity index is 2.27. The van der Waals surface area contributed by atoms with Crippen LogP contribution >= 0.6 is 0 Å². The van der Waals surface area contributed by atoms with Crippen molar-refractivity contribution in [2.24, 2.45) is 0 Å². The highest BCUT2D eigenvalue weighted by Gasteiger charge is 2.04. The van der Waals surface area contributed by atoms with Crippen molar-refractivity contribution < 1.29 is 24.9 Å². The molecular formula is C12H17NO5. The number of nitrogens with one attached hydrogen (secondary N) is 1. The number of aliphatic hydroxyl groups is 2.